The molecule has 0 saturated heterocycles. The lowest BCUT2D eigenvalue weighted by Crippen LogP contribution is -2.13. The highest BCUT2D eigenvalue weighted by Gasteiger charge is 2.15. The van der Waals surface area contributed by atoms with Crippen molar-refractivity contribution in [3.63, 3.8) is 0 Å². The molecule has 0 aliphatic carbocycles. The third-order valence-corrected chi connectivity index (χ3v) is 3.66. The van der Waals surface area contributed by atoms with Crippen molar-refractivity contribution in [1.82, 2.24) is 15.2 Å². The molecule has 0 saturated carbocycles. The number of nitrogens with two attached hydrogens (primary N) is 1. The number of hydrogen-bond donors (Lipinski definition) is 2. The molecule has 0 amide bonds. The maximum absolute atomic E-state index is 6.22. The molecule has 0 spiro atoms. The molecule has 1 unspecified atom stereocenters. The molecule has 1 heterocycles. The zero-order valence-electron chi connectivity index (χ0n) is 11.5. The van der Waals surface area contributed by atoms with Crippen LogP contribution in [0.2, 0.25) is 5.02 Å². The summed E-state index contributed by atoms with van der Waals surface area (Å²) in [6, 6.07) is 15.0. The van der Waals surface area contributed by atoms with Gasteiger partial charge in [-0.1, -0.05) is 48.0 Å². The van der Waals surface area contributed by atoms with Gasteiger partial charge in [0.15, 0.2) is 5.82 Å². The fraction of sp³-hybridized carbons (Fsp3) is 0.125. The maximum Gasteiger partial charge on any atom is 0.181 e. The molecule has 106 valence electrons. The van der Waals surface area contributed by atoms with Crippen molar-refractivity contribution < 1.29 is 0 Å². The first-order valence-electron chi connectivity index (χ1n) is 6.64. The van der Waals surface area contributed by atoms with E-state index in [1.54, 1.807) is 0 Å². The molecular formula is C16H15ClN4. The lowest BCUT2D eigenvalue weighted by atomic mass is 10.1. The molecule has 4 nitrogen and oxygen atoms in total. The minimum Gasteiger partial charge on any atom is -0.318 e. The highest BCUT2D eigenvalue weighted by atomic mass is 35.5. The Balaban J connectivity index is 1.91. The van der Waals surface area contributed by atoms with Gasteiger partial charge in [0.25, 0.3) is 0 Å². The van der Waals surface area contributed by atoms with E-state index in [1.165, 1.54) is 0 Å². The summed E-state index contributed by atoms with van der Waals surface area (Å²) in [6.45, 7) is 2.03. The first-order valence-corrected chi connectivity index (χ1v) is 7.02. The van der Waals surface area contributed by atoms with Crippen LogP contribution in [0.15, 0.2) is 48.5 Å². The van der Waals surface area contributed by atoms with Crippen LogP contribution < -0.4 is 5.73 Å². The molecule has 0 bridgehead atoms. The summed E-state index contributed by atoms with van der Waals surface area (Å²) in [7, 11) is 0. The topological polar surface area (TPSA) is 67.6 Å². The number of H-pyrrole nitrogens is 1. The van der Waals surface area contributed by atoms with Crippen LogP contribution in [0.5, 0.6) is 0 Å². The van der Waals surface area contributed by atoms with Crippen LogP contribution in [-0.2, 0) is 0 Å². The Labute approximate surface area is 128 Å². The Bertz CT molecular complexity index is 749. The molecule has 5 heteroatoms. The molecule has 3 aromatic rings. The monoisotopic (exact) mass is 298 g/mol. The van der Waals surface area contributed by atoms with Gasteiger partial charge in [0.2, 0.25) is 0 Å². The molecule has 2 aromatic carbocycles. The van der Waals surface area contributed by atoms with Gasteiger partial charge in [-0.2, -0.15) is 5.10 Å². The Morgan fingerprint density at radius 1 is 1.10 bits per heavy atom. The summed E-state index contributed by atoms with van der Waals surface area (Å²) >= 11 is 5.89. The van der Waals surface area contributed by atoms with E-state index in [4.69, 9.17) is 17.3 Å². The Morgan fingerprint density at radius 2 is 1.81 bits per heavy atom. The van der Waals surface area contributed by atoms with Crippen LogP contribution in [0.25, 0.3) is 11.4 Å². The van der Waals surface area contributed by atoms with Gasteiger partial charge in [-0.15, -0.1) is 0 Å². The summed E-state index contributed by atoms with van der Waals surface area (Å²) in [5.41, 5.74) is 9.29. The molecule has 21 heavy (non-hydrogen) atoms. The van der Waals surface area contributed by atoms with E-state index in [9.17, 15) is 0 Å². The number of aryl methyl sites for hydroxylation is 1. The van der Waals surface area contributed by atoms with Crippen LogP contribution in [0, 0.1) is 6.92 Å². The number of nitrogens with zero attached hydrogens (tertiary/aromatic N) is 2. The Morgan fingerprint density at radius 3 is 2.52 bits per heavy atom. The number of rotatable bonds is 3. The molecule has 3 rings (SSSR count). The first kappa shape index (κ1) is 13.8. The first-order chi connectivity index (χ1) is 10.1. The van der Waals surface area contributed by atoms with Gasteiger partial charge in [0.05, 0.1) is 6.04 Å². The summed E-state index contributed by atoms with van der Waals surface area (Å²) in [6.07, 6.45) is 0. The average molecular weight is 299 g/mol. The molecule has 3 N–H and O–H groups in total. The molecule has 1 atom stereocenters. The lowest BCUT2D eigenvalue weighted by Gasteiger charge is -2.08. The fourth-order valence-corrected chi connectivity index (χ4v) is 2.31. The predicted molar refractivity (Wildman–Crippen MR) is 84.0 cm³/mol. The minimum absolute atomic E-state index is 0.354. The standard InChI is InChI=1S/C16H15ClN4/c1-10-4-2-3-5-13(10)15-19-16(21-20-15)14(18)11-6-8-12(17)9-7-11/h2-9,14H,18H2,1H3,(H,19,20,21). The van der Waals surface area contributed by atoms with Crippen molar-refractivity contribution in [2.45, 2.75) is 13.0 Å². The van der Waals surface area contributed by atoms with Gasteiger partial charge in [-0.3, -0.25) is 5.10 Å². The van der Waals surface area contributed by atoms with Crippen LogP contribution in [-0.4, -0.2) is 15.2 Å². The van der Waals surface area contributed by atoms with Crippen molar-refractivity contribution in [3.05, 3.63) is 70.5 Å². The number of hydrogen-bond acceptors (Lipinski definition) is 3. The minimum atomic E-state index is -0.354. The van der Waals surface area contributed by atoms with E-state index in [1.807, 2.05) is 55.5 Å². The summed E-state index contributed by atoms with van der Waals surface area (Å²) in [5.74, 6) is 1.29. The van der Waals surface area contributed by atoms with E-state index in [2.05, 4.69) is 15.2 Å². The van der Waals surface area contributed by atoms with E-state index >= 15 is 0 Å². The van der Waals surface area contributed by atoms with Crippen LogP contribution in [0.4, 0.5) is 0 Å². The molecular weight excluding hydrogens is 284 g/mol. The summed E-state index contributed by atoms with van der Waals surface area (Å²) in [4.78, 5) is 4.52. The SMILES string of the molecule is Cc1ccccc1-c1n[nH]c(C(N)c2ccc(Cl)cc2)n1. The maximum atomic E-state index is 6.22. The van der Waals surface area contributed by atoms with Gasteiger partial charge in [0, 0.05) is 10.6 Å². The number of aromatic nitrogens is 3. The zero-order valence-corrected chi connectivity index (χ0v) is 12.3. The molecule has 1 aromatic heterocycles. The summed E-state index contributed by atoms with van der Waals surface area (Å²) in [5, 5.41) is 7.88. The normalized spacial score (nSPS) is 12.3. The highest BCUT2D eigenvalue weighted by Crippen LogP contribution is 2.23. The van der Waals surface area contributed by atoms with E-state index in [0.717, 1.165) is 16.7 Å². The highest BCUT2D eigenvalue weighted by molar-refractivity contribution is 6.30. The third-order valence-electron chi connectivity index (χ3n) is 3.41. The average Bonchev–Trinajstić information content (AvgIpc) is 2.97. The van der Waals surface area contributed by atoms with Gasteiger partial charge >= 0.3 is 0 Å². The fourth-order valence-electron chi connectivity index (χ4n) is 2.19. The predicted octanol–water partition coefficient (Wildman–Crippen LogP) is 3.48. The van der Waals surface area contributed by atoms with Gasteiger partial charge in [-0.05, 0) is 30.2 Å². The Hall–Kier alpha value is -2.17. The van der Waals surface area contributed by atoms with E-state index in [-0.39, 0.29) is 6.04 Å². The largest absolute Gasteiger partial charge is 0.318 e. The van der Waals surface area contributed by atoms with Crippen molar-refractivity contribution in [3.8, 4) is 11.4 Å². The van der Waals surface area contributed by atoms with Crippen LogP contribution in [0.1, 0.15) is 23.0 Å². The number of halogens is 1. The van der Waals surface area contributed by atoms with E-state index < -0.39 is 0 Å². The molecule has 0 fully saturated rings. The quantitative estimate of drug-likeness (QED) is 0.778. The lowest BCUT2D eigenvalue weighted by molar-refractivity contribution is 0.787. The van der Waals surface area contributed by atoms with Crippen molar-refractivity contribution >= 4 is 11.6 Å². The second-order valence-corrected chi connectivity index (χ2v) is 5.32. The van der Waals surface area contributed by atoms with Crippen molar-refractivity contribution in [2.75, 3.05) is 0 Å². The second-order valence-electron chi connectivity index (χ2n) is 4.89. The van der Waals surface area contributed by atoms with Crippen LogP contribution >= 0.6 is 11.6 Å². The smallest absolute Gasteiger partial charge is 0.181 e. The van der Waals surface area contributed by atoms with Crippen LogP contribution in [0.3, 0.4) is 0 Å². The number of nitrogens with one attached hydrogen (secondary N) is 1. The van der Waals surface area contributed by atoms with E-state index in [0.29, 0.717) is 16.7 Å². The number of aromatic amines is 1. The Kier molecular flexibility index (Phi) is 3.73. The van der Waals surface area contributed by atoms with Crippen molar-refractivity contribution in [2.24, 2.45) is 5.73 Å². The second kappa shape index (κ2) is 5.68. The van der Waals surface area contributed by atoms with Gasteiger partial charge in [-0.25, -0.2) is 4.98 Å². The summed E-state index contributed by atoms with van der Waals surface area (Å²) < 4.78 is 0. The van der Waals surface area contributed by atoms with Gasteiger partial charge in [0.1, 0.15) is 5.82 Å². The molecule has 0 aliphatic heterocycles. The van der Waals surface area contributed by atoms with Gasteiger partial charge < -0.3 is 5.73 Å². The number of benzene rings is 2. The molecule has 0 radical (unpaired) electrons. The molecule has 0 aliphatic rings. The zero-order chi connectivity index (χ0) is 14.8. The third kappa shape index (κ3) is 2.82. The van der Waals surface area contributed by atoms with Crippen molar-refractivity contribution in [1.29, 1.82) is 0 Å².